The third-order valence-electron chi connectivity index (χ3n) is 4.97. The predicted octanol–water partition coefficient (Wildman–Crippen LogP) is 2.61. The lowest BCUT2D eigenvalue weighted by Gasteiger charge is -2.12. The number of hydrogen-bond donors (Lipinski definition) is 3. The van der Waals surface area contributed by atoms with Gasteiger partial charge in [-0.1, -0.05) is 30.3 Å². The Morgan fingerprint density at radius 3 is 2.68 bits per heavy atom. The van der Waals surface area contributed by atoms with Crippen molar-refractivity contribution >= 4 is 0 Å². The van der Waals surface area contributed by atoms with Crippen LogP contribution in [0.3, 0.4) is 0 Å². The normalized spacial score (nSPS) is 16.5. The van der Waals surface area contributed by atoms with Crippen molar-refractivity contribution in [3.8, 4) is 17.0 Å². The number of rotatable bonds is 6. The molecule has 0 amide bonds. The van der Waals surface area contributed by atoms with Gasteiger partial charge in [0.1, 0.15) is 5.82 Å². The number of nitrogens with zero attached hydrogens (tertiary/aromatic N) is 1. The molecule has 0 bridgehead atoms. The number of H-pyrrole nitrogens is 1. The van der Waals surface area contributed by atoms with Crippen molar-refractivity contribution in [2.45, 2.75) is 25.6 Å². The van der Waals surface area contributed by atoms with Gasteiger partial charge in [-0.05, 0) is 35.2 Å². The Labute approximate surface area is 161 Å². The first-order chi connectivity index (χ1) is 13.6. The van der Waals surface area contributed by atoms with Gasteiger partial charge in [-0.25, -0.2) is 9.18 Å². The van der Waals surface area contributed by atoms with Crippen molar-refractivity contribution < 1.29 is 14.2 Å². The summed E-state index contributed by atoms with van der Waals surface area (Å²) in [6, 6.07) is 13.1. The van der Waals surface area contributed by atoms with Gasteiger partial charge < -0.3 is 15.2 Å². The van der Waals surface area contributed by atoms with E-state index in [1.807, 2.05) is 30.3 Å². The zero-order valence-electron chi connectivity index (χ0n) is 15.3. The molecule has 28 heavy (non-hydrogen) atoms. The molecule has 0 aliphatic carbocycles. The Hall–Kier alpha value is -2.90. The molecule has 1 aromatic heterocycles. The molecule has 3 aromatic rings. The maximum Gasteiger partial charge on any atom is 0.328 e. The minimum Gasteiger partial charge on any atom is -0.493 e. The third-order valence-corrected chi connectivity index (χ3v) is 4.97. The highest BCUT2D eigenvalue weighted by molar-refractivity contribution is 5.64. The van der Waals surface area contributed by atoms with Crippen molar-refractivity contribution in [1.29, 1.82) is 0 Å². The Balaban J connectivity index is 1.48. The van der Waals surface area contributed by atoms with Gasteiger partial charge in [-0.3, -0.25) is 9.55 Å². The Morgan fingerprint density at radius 1 is 1.21 bits per heavy atom. The predicted molar refractivity (Wildman–Crippen MR) is 104 cm³/mol. The minimum atomic E-state index is -0.357. The lowest BCUT2D eigenvalue weighted by atomic mass is 10.0. The van der Waals surface area contributed by atoms with Crippen molar-refractivity contribution in [2.24, 2.45) is 0 Å². The first kappa shape index (κ1) is 18.5. The summed E-state index contributed by atoms with van der Waals surface area (Å²) in [4.78, 5) is 14.0. The molecule has 1 fully saturated rings. The fourth-order valence-electron chi connectivity index (χ4n) is 3.38. The Bertz CT molecular complexity index is 1000. The number of benzene rings is 2. The molecular weight excluding hydrogens is 361 g/mol. The van der Waals surface area contributed by atoms with Gasteiger partial charge in [0.05, 0.1) is 19.3 Å². The van der Waals surface area contributed by atoms with E-state index >= 15 is 0 Å². The molecule has 2 aromatic carbocycles. The van der Waals surface area contributed by atoms with E-state index in [9.17, 15) is 14.3 Å². The molecule has 1 aliphatic heterocycles. The molecule has 0 spiro atoms. The highest BCUT2D eigenvalue weighted by Crippen LogP contribution is 2.23. The SMILES string of the molecule is O=c1[nH]c(O)cn1Cc1ccc(-c2ccc(F)c(CNC3CCOC3)c2)cc1. The summed E-state index contributed by atoms with van der Waals surface area (Å²) in [5, 5.41) is 12.7. The summed E-state index contributed by atoms with van der Waals surface area (Å²) < 4.78 is 20.9. The largest absolute Gasteiger partial charge is 0.493 e. The average molecular weight is 383 g/mol. The average Bonchev–Trinajstić information content (AvgIpc) is 3.31. The summed E-state index contributed by atoms with van der Waals surface area (Å²) in [5.74, 6) is -0.378. The second-order valence-electron chi connectivity index (χ2n) is 7.02. The van der Waals surface area contributed by atoms with Crippen molar-refractivity contribution in [3.63, 3.8) is 0 Å². The lowest BCUT2D eigenvalue weighted by molar-refractivity contribution is 0.189. The van der Waals surface area contributed by atoms with Gasteiger partial charge in [-0.15, -0.1) is 0 Å². The van der Waals surface area contributed by atoms with E-state index in [0.29, 0.717) is 25.3 Å². The number of imidazole rings is 1. The number of halogens is 1. The van der Waals surface area contributed by atoms with Crippen LogP contribution in [0.25, 0.3) is 11.1 Å². The summed E-state index contributed by atoms with van der Waals surface area (Å²) in [6.45, 7) is 2.25. The maximum atomic E-state index is 14.2. The van der Waals surface area contributed by atoms with Gasteiger partial charge in [0.15, 0.2) is 0 Å². The van der Waals surface area contributed by atoms with Crippen LogP contribution in [0.4, 0.5) is 4.39 Å². The van der Waals surface area contributed by atoms with Crippen LogP contribution >= 0.6 is 0 Å². The molecule has 1 saturated heterocycles. The molecule has 4 rings (SSSR count). The summed E-state index contributed by atoms with van der Waals surface area (Å²) in [7, 11) is 0. The van der Waals surface area contributed by atoms with Crippen LogP contribution in [0.2, 0.25) is 0 Å². The van der Waals surface area contributed by atoms with E-state index in [-0.39, 0.29) is 23.4 Å². The molecular formula is C21H22FN3O3. The summed E-state index contributed by atoms with van der Waals surface area (Å²) in [6.07, 6.45) is 2.32. The van der Waals surface area contributed by atoms with Gasteiger partial charge in [0, 0.05) is 24.8 Å². The fraction of sp³-hybridized carbons (Fsp3) is 0.286. The molecule has 3 N–H and O–H groups in total. The van der Waals surface area contributed by atoms with Crippen LogP contribution in [-0.4, -0.2) is 33.9 Å². The second-order valence-corrected chi connectivity index (χ2v) is 7.02. The van der Waals surface area contributed by atoms with Crippen LogP contribution in [0.15, 0.2) is 53.5 Å². The van der Waals surface area contributed by atoms with Crippen LogP contribution in [0.5, 0.6) is 5.88 Å². The number of nitrogens with one attached hydrogen (secondary N) is 2. The number of aromatic nitrogens is 2. The van der Waals surface area contributed by atoms with Gasteiger partial charge in [0.2, 0.25) is 5.88 Å². The summed E-state index contributed by atoms with van der Waals surface area (Å²) in [5.41, 5.74) is 3.10. The monoisotopic (exact) mass is 383 g/mol. The van der Waals surface area contributed by atoms with E-state index in [1.165, 1.54) is 16.8 Å². The van der Waals surface area contributed by atoms with E-state index in [2.05, 4.69) is 10.3 Å². The number of ether oxygens (including phenoxy) is 1. The molecule has 0 radical (unpaired) electrons. The highest BCUT2D eigenvalue weighted by Gasteiger charge is 2.15. The Kier molecular flexibility index (Phi) is 5.27. The van der Waals surface area contributed by atoms with Gasteiger partial charge in [-0.2, -0.15) is 0 Å². The van der Waals surface area contributed by atoms with Gasteiger partial charge in [0.25, 0.3) is 0 Å². The molecule has 1 unspecified atom stereocenters. The van der Waals surface area contributed by atoms with E-state index in [0.717, 1.165) is 29.7 Å². The zero-order chi connectivity index (χ0) is 19.5. The quantitative estimate of drug-likeness (QED) is 0.611. The van der Waals surface area contributed by atoms with Crippen molar-refractivity contribution in [2.75, 3.05) is 13.2 Å². The molecule has 7 heteroatoms. The fourth-order valence-corrected chi connectivity index (χ4v) is 3.38. The lowest BCUT2D eigenvalue weighted by Crippen LogP contribution is -2.28. The maximum absolute atomic E-state index is 14.2. The standard InChI is InChI=1S/C21H22FN3O3/c22-19-6-5-16(9-17(19)10-23-18-7-8-28-13-18)15-3-1-14(2-4-15)11-25-12-20(26)24-21(25)27/h1-6,9,12,18,23,26H,7-8,10-11,13H2,(H,24,27). The third kappa shape index (κ3) is 4.16. The first-order valence-electron chi connectivity index (χ1n) is 9.26. The van der Waals surface area contributed by atoms with Crippen molar-refractivity contribution in [3.05, 3.63) is 76.1 Å². The van der Waals surface area contributed by atoms with Crippen LogP contribution in [-0.2, 0) is 17.8 Å². The molecule has 6 nitrogen and oxygen atoms in total. The zero-order valence-corrected chi connectivity index (χ0v) is 15.3. The van der Waals surface area contributed by atoms with Gasteiger partial charge >= 0.3 is 5.69 Å². The van der Waals surface area contributed by atoms with Crippen LogP contribution < -0.4 is 11.0 Å². The topological polar surface area (TPSA) is 79.3 Å². The minimum absolute atomic E-state index is 0.154. The number of aromatic amines is 1. The highest BCUT2D eigenvalue weighted by atomic mass is 19.1. The van der Waals surface area contributed by atoms with E-state index in [4.69, 9.17) is 4.74 Å². The van der Waals surface area contributed by atoms with E-state index in [1.54, 1.807) is 6.07 Å². The number of hydrogen-bond acceptors (Lipinski definition) is 4. The molecule has 1 aliphatic rings. The first-order valence-corrected chi connectivity index (χ1v) is 9.26. The summed E-state index contributed by atoms with van der Waals surface area (Å²) >= 11 is 0. The van der Waals surface area contributed by atoms with Crippen LogP contribution in [0.1, 0.15) is 17.5 Å². The second kappa shape index (κ2) is 8.00. The molecule has 0 saturated carbocycles. The Morgan fingerprint density at radius 2 is 2.00 bits per heavy atom. The molecule has 1 atom stereocenters. The smallest absolute Gasteiger partial charge is 0.328 e. The van der Waals surface area contributed by atoms with Crippen molar-refractivity contribution in [1.82, 2.24) is 14.9 Å². The van der Waals surface area contributed by atoms with E-state index < -0.39 is 0 Å². The number of aromatic hydroxyl groups is 1. The van der Waals surface area contributed by atoms with Crippen LogP contribution in [0, 0.1) is 5.82 Å². The molecule has 146 valence electrons. The molecule has 2 heterocycles.